The molecular weight excluding hydrogens is 278 g/mol. The predicted molar refractivity (Wildman–Crippen MR) is 93.2 cm³/mol. The minimum atomic E-state index is 0.820. The van der Waals surface area contributed by atoms with Gasteiger partial charge in [0.05, 0.1) is 0 Å². The monoisotopic (exact) mass is 301 g/mol. The first-order valence-corrected chi connectivity index (χ1v) is 7.90. The van der Waals surface area contributed by atoms with E-state index in [9.17, 15) is 0 Å². The second-order valence-electron chi connectivity index (χ2n) is 5.72. The molecule has 0 aliphatic heterocycles. The van der Waals surface area contributed by atoms with E-state index in [4.69, 9.17) is 11.6 Å². The maximum absolute atomic E-state index is 6.46. The first-order valence-electron chi connectivity index (χ1n) is 7.52. The minimum Gasteiger partial charge on any atom is -0.313 e. The third-order valence-corrected chi connectivity index (χ3v) is 4.63. The van der Waals surface area contributed by atoms with Gasteiger partial charge >= 0.3 is 0 Å². The van der Waals surface area contributed by atoms with Crippen LogP contribution in [0.1, 0.15) is 34.7 Å². The van der Waals surface area contributed by atoms with Gasteiger partial charge in [-0.1, -0.05) is 36.7 Å². The molecule has 2 rings (SSSR count). The lowest BCUT2D eigenvalue weighted by molar-refractivity contribution is 0.727. The predicted octanol–water partition coefficient (Wildman–Crippen LogP) is 5.35. The smallest absolute Gasteiger partial charge is 0.0457 e. The minimum absolute atomic E-state index is 0.820. The van der Waals surface area contributed by atoms with Crippen molar-refractivity contribution < 1.29 is 0 Å². The fourth-order valence-electron chi connectivity index (χ4n) is 2.76. The molecule has 112 valence electrons. The van der Waals surface area contributed by atoms with Crippen molar-refractivity contribution in [2.24, 2.45) is 0 Å². The normalized spacial score (nSPS) is 11.0. The summed E-state index contributed by atoms with van der Waals surface area (Å²) in [5, 5.41) is 4.16. The van der Waals surface area contributed by atoms with Crippen molar-refractivity contribution in [2.45, 2.75) is 41.2 Å². The van der Waals surface area contributed by atoms with E-state index in [0.29, 0.717) is 0 Å². The van der Waals surface area contributed by atoms with Crippen molar-refractivity contribution >= 4 is 11.6 Å². The van der Waals surface area contributed by atoms with Gasteiger partial charge in [-0.2, -0.15) is 0 Å². The Morgan fingerprint density at radius 1 is 0.952 bits per heavy atom. The Morgan fingerprint density at radius 3 is 2.10 bits per heavy atom. The van der Waals surface area contributed by atoms with Crippen molar-refractivity contribution in [1.82, 2.24) is 5.32 Å². The number of benzene rings is 2. The summed E-state index contributed by atoms with van der Waals surface area (Å²) in [5.74, 6) is 0. The van der Waals surface area contributed by atoms with E-state index in [2.05, 4.69) is 64.2 Å². The van der Waals surface area contributed by atoms with Crippen molar-refractivity contribution in [1.29, 1.82) is 0 Å². The van der Waals surface area contributed by atoms with Crippen LogP contribution in [0.25, 0.3) is 11.1 Å². The number of hydrogen-bond acceptors (Lipinski definition) is 1. The standard InChI is InChI=1S/C19H24ClN/c1-6-21-11-17-8-7-16(10-18(17)20)19-14(4)12(2)9-13(3)15(19)5/h7-10,21H,6,11H2,1-5H3. The Bertz CT molecular complexity index is 633. The zero-order chi connectivity index (χ0) is 15.6. The van der Waals surface area contributed by atoms with Gasteiger partial charge in [0.15, 0.2) is 0 Å². The molecule has 0 bridgehead atoms. The first-order chi connectivity index (χ1) is 9.95. The fraction of sp³-hybridized carbons (Fsp3) is 0.368. The molecule has 0 radical (unpaired) electrons. The van der Waals surface area contributed by atoms with Crippen molar-refractivity contribution in [3.63, 3.8) is 0 Å². The zero-order valence-electron chi connectivity index (χ0n) is 13.6. The van der Waals surface area contributed by atoms with E-state index in [1.165, 1.54) is 33.4 Å². The Balaban J connectivity index is 2.51. The highest BCUT2D eigenvalue weighted by Crippen LogP contribution is 2.33. The van der Waals surface area contributed by atoms with Gasteiger partial charge in [0.2, 0.25) is 0 Å². The quantitative estimate of drug-likeness (QED) is 0.802. The molecule has 0 unspecified atom stereocenters. The average molecular weight is 302 g/mol. The summed E-state index contributed by atoms with van der Waals surface area (Å²) in [6.45, 7) is 12.6. The lowest BCUT2D eigenvalue weighted by atomic mass is 9.89. The summed E-state index contributed by atoms with van der Waals surface area (Å²) < 4.78 is 0. The summed E-state index contributed by atoms with van der Waals surface area (Å²) in [4.78, 5) is 0. The molecule has 0 saturated heterocycles. The summed E-state index contributed by atoms with van der Waals surface area (Å²) in [6, 6.07) is 8.68. The highest BCUT2D eigenvalue weighted by Gasteiger charge is 2.12. The summed E-state index contributed by atoms with van der Waals surface area (Å²) in [6.07, 6.45) is 0. The second kappa shape index (κ2) is 6.64. The van der Waals surface area contributed by atoms with E-state index in [1.54, 1.807) is 0 Å². The molecular formula is C19H24ClN. The van der Waals surface area contributed by atoms with Crippen molar-refractivity contribution in [3.8, 4) is 11.1 Å². The summed E-state index contributed by atoms with van der Waals surface area (Å²) >= 11 is 6.46. The SMILES string of the molecule is CCNCc1ccc(-c2c(C)c(C)cc(C)c2C)cc1Cl. The molecule has 2 heteroatoms. The lowest BCUT2D eigenvalue weighted by Gasteiger charge is -2.16. The summed E-state index contributed by atoms with van der Waals surface area (Å²) in [5.41, 5.74) is 9.04. The molecule has 0 heterocycles. The highest BCUT2D eigenvalue weighted by atomic mass is 35.5. The number of rotatable bonds is 4. The molecule has 0 aliphatic carbocycles. The van der Waals surface area contributed by atoms with Gasteiger partial charge in [0.1, 0.15) is 0 Å². The molecule has 21 heavy (non-hydrogen) atoms. The van der Waals surface area contributed by atoms with E-state index in [-0.39, 0.29) is 0 Å². The van der Waals surface area contributed by atoms with Gasteiger partial charge in [-0.05, 0) is 79.3 Å². The largest absolute Gasteiger partial charge is 0.313 e. The molecule has 0 fully saturated rings. The van der Waals surface area contributed by atoms with Crippen molar-refractivity contribution in [2.75, 3.05) is 6.54 Å². The first kappa shape index (κ1) is 16.1. The Hall–Kier alpha value is -1.31. The van der Waals surface area contributed by atoms with Gasteiger partial charge < -0.3 is 5.32 Å². The van der Waals surface area contributed by atoms with Crippen LogP contribution in [0.15, 0.2) is 24.3 Å². The topological polar surface area (TPSA) is 12.0 Å². The Labute approximate surface area is 133 Å². The van der Waals surface area contributed by atoms with Gasteiger partial charge in [-0.25, -0.2) is 0 Å². The van der Waals surface area contributed by atoms with Crippen LogP contribution in [-0.4, -0.2) is 6.54 Å². The van der Waals surface area contributed by atoms with E-state index in [0.717, 1.165) is 23.7 Å². The van der Waals surface area contributed by atoms with Crippen LogP contribution in [0.4, 0.5) is 0 Å². The van der Waals surface area contributed by atoms with Crippen LogP contribution in [0.5, 0.6) is 0 Å². The summed E-state index contributed by atoms with van der Waals surface area (Å²) in [7, 11) is 0. The maximum atomic E-state index is 6.46. The zero-order valence-corrected chi connectivity index (χ0v) is 14.4. The van der Waals surface area contributed by atoms with Crippen LogP contribution in [0.2, 0.25) is 5.02 Å². The van der Waals surface area contributed by atoms with Crippen LogP contribution < -0.4 is 5.32 Å². The molecule has 0 atom stereocenters. The third kappa shape index (κ3) is 3.30. The number of aryl methyl sites for hydroxylation is 2. The van der Waals surface area contributed by atoms with Crippen LogP contribution >= 0.6 is 11.6 Å². The molecule has 0 aromatic heterocycles. The van der Waals surface area contributed by atoms with Gasteiger partial charge in [0, 0.05) is 11.6 Å². The van der Waals surface area contributed by atoms with Gasteiger partial charge in [0.25, 0.3) is 0 Å². The van der Waals surface area contributed by atoms with Crippen LogP contribution in [-0.2, 0) is 6.54 Å². The van der Waals surface area contributed by atoms with Gasteiger partial charge in [-0.15, -0.1) is 0 Å². The molecule has 0 aliphatic rings. The van der Waals surface area contributed by atoms with Crippen molar-refractivity contribution in [3.05, 3.63) is 57.1 Å². The second-order valence-corrected chi connectivity index (χ2v) is 6.13. The third-order valence-electron chi connectivity index (χ3n) is 4.27. The fourth-order valence-corrected chi connectivity index (χ4v) is 3.00. The van der Waals surface area contributed by atoms with E-state index in [1.807, 2.05) is 0 Å². The maximum Gasteiger partial charge on any atom is 0.0457 e. The number of hydrogen-bond donors (Lipinski definition) is 1. The average Bonchev–Trinajstić information content (AvgIpc) is 2.44. The number of halogens is 1. The highest BCUT2D eigenvalue weighted by molar-refractivity contribution is 6.31. The molecule has 1 nitrogen and oxygen atoms in total. The Kier molecular flexibility index (Phi) is 5.08. The molecule has 0 saturated carbocycles. The lowest BCUT2D eigenvalue weighted by Crippen LogP contribution is -2.12. The van der Waals surface area contributed by atoms with Crippen LogP contribution in [0, 0.1) is 27.7 Å². The van der Waals surface area contributed by atoms with Crippen LogP contribution in [0.3, 0.4) is 0 Å². The molecule has 1 N–H and O–H groups in total. The van der Waals surface area contributed by atoms with E-state index < -0.39 is 0 Å². The molecule has 0 amide bonds. The Morgan fingerprint density at radius 2 is 1.57 bits per heavy atom. The molecule has 2 aromatic rings. The molecule has 2 aromatic carbocycles. The molecule has 0 spiro atoms. The van der Waals surface area contributed by atoms with Gasteiger partial charge in [-0.3, -0.25) is 0 Å². The van der Waals surface area contributed by atoms with E-state index >= 15 is 0 Å². The number of nitrogens with one attached hydrogen (secondary N) is 1.